The lowest BCUT2D eigenvalue weighted by Gasteiger charge is -2.17. The first-order chi connectivity index (χ1) is 13.6. The Hall–Kier alpha value is -3.81. The van der Waals surface area contributed by atoms with E-state index in [1.807, 2.05) is 30.3 Å². The highest BCUT2D eigenvalue weighted by atomic mass is 16.5. The molecular weight excluding hydrogens is 360 g/mol. The molecule has 0 fully saturated rings. The van der Waals surface area contributed by atoms with E-state index in [4.69, 9.17) is 4.52 Å². The Balaban J connectivity index is 1.71. The van der Waals surface area contributed by atoms with Crippen molar-refractivity contribution in [1.29, 1.82) is 0 Å². The molecule has 8 heteroatoms. The van der Waals surface area contributed by atoms with Crippen LogP contribution in [0.15, 0.2) is 71.5 Å². The number of Topliss-reactive ketones (excluding diaryl/α,β-unsaturated/α-hetero) is 1. The first-order valence-electron chi connectivity index (χ1n) is 8.61. The van der Waals surface area contributed by atoms with Crippen LogP contribution in [0.2, 0.25) is 0 Å². The lowest BCUT2D eigenvalue weighted by atomic mass is 10.0. The molecule has 0 aliphatic carbocycles. The highest BCUT2D eigenvalue weighted by Gasteiger charge is 2.27. The van der Waals surface area contributed by atoms with Crippen molar-refractivity contribution in [2.45, 2.75) is 19.0 Å². The molecule has 0 spiro atoms. The van der Waals surface area contributed by atoms with Gasteiger partial charge in [0.2, 0.25) is 11.7 Å². The largest absolute Gasteiger partial charge is 0.341 e. The Morgan fingerprint density at radius 2 is 1.64 bits per heavy atom. The van der Waals surface area contributed by atoms with Gasteiger partial charge in [0.25, 0.3) is 11.8 Å². The van der Waals surface area contributed by atoms with Gasteiger partial charge in [-0.15, -0.1) is 0 Å². The maximum Gasteiger partial charge on any atom is 0.290 e. The summed E-state index contributed by atoms with van der Waals surface area (Å²) in [5.74, 6) is -1.85. The van der Waals surface area contributed by atoms with Gasteiger partial charge in [0.05, 0.1) is 6.54 Å². The van der Waals surface area contributed by atoms with Crippen molar-refractivity contribution in [1.82, 2.24) is 20.8 Å². The smallest absolute Gasteiger partial charge is 0.290 e. The van der Waals surface area contributed by atoms with Crippen LogP contribution in [-0.2, 0) is 22.6 Å². The summed E-state index contributed by atoms with van der Waals surface area (Å²) in [7, 11) is 0. The average Bonchev–Trinajstić information content (AvgIpc) is 3.26. The fraction of sp³-hybridized carbons (Fsp3) is 0.150. The number of amides is 2. The Bertz CT molecular complexity index is 927. The van der Waals surface area contributed by atoms with E-state index in [0.717, 1.165) is 5.56 Å². The number of nitrogens with one attached hydrogen (secondary N) is 2. The van der Waals surface area contributed by atoms with Crippen LogP contribution in [-0.4, -0.2) is 33.8 Å². The summed E-state index contributed by atoms with van der Waals surface area (Å²) >= 11 is 0. The van der Waals surface area contributed by atoms with E-state index in [-0.39, 0.29) is 18.9 Å². The van der Waals surface area contributed by atoms with Crippen LogP contribution in [0.5, 0.6) is 0 Å². The van der Waals surface area contributed by atoms with Crippen LogP contribution in [0.3, 0.4) is 0 Å². The molecule has 1 atom stereocenters. The van der Waals surface area contributed by atoms with Crippen molar-refractivity contribution < 1.29 is 18.9 Å². The van der Waals surface area contributed by atoms with Crippen molar-refractivity contribution in [2.75, 3.05) is 0 Å². The number of nitrogens with zero attached hydrogens (tertiary/aromatic N) is 2. The van der Waals surface area contributed by atoms with Gasteiger partial charge in [0, 0.05) is 12.0 Å². The first kappa shape index (κ1) is 19.0. The van der Waals surface area contributed by atoms with Crippen molar-refractivity contribution >= 4 is 17.6 Å². The fourth-order valence-electron chi connectivity index (χ4n) is 2.57. The number of hydrogen-bond acceptors (Lipinski definition) is 6. The van der Waals surface area contributed by atoms with Crippen LogP contribution >= 0.6 is 0 Å². The molecule has 0 aliphatic rings. The van der Waals surface area contributed by atoms with Crippen LogP contribution in [0.4, 0.5) is 0 Å². The predicted octanol–water partition coefficient (Wildman–Crippen LogP) is 1.30. The van der Waals surface area contributed by atoms with Gasteiger partial charge in [-0.1, -0.05) is 53.7 Å². The minimum atomic E-state index is -1.02. The molecule has 28 heavy (non-hydrogen) atoms. The van der Waals surface area contributed by atoms with E-state index in [9.17, 15) is 14.4 Å². The van der Waals surface area contributed by atoms with Gasteiger partial charge in [-0.05, 0) is 17.7 Å². The van der Waals surface area contributed by atoms with Crippen molar-refractivity contribution in [2.24, 2.45) is 0 Å². The van der Waals surface area contributed by atoms with Gasteiger partial charge in [0.15, 0.2) is 6.33 Å². The summed E-state index contributed by atoms with van der Waals surface area (Å²) in [6, 6.07) is 16.6. The molecule has 3 aromatic rings. The van der Waals surface area contributed by atoms with E-state index < -0.39 is 23.6 Å². The van der Waals surface area contributed by atoms with Gasteiger partial charge in [-0.25, -0.2) is 0 Å². The minimum absolute atomic E-state index is 0.0741. The second-order valence-corrected chi connectivity index (χ2v) is 5.96. The predicted molar refractivity (Wildman–Crippen MR) is 99.0 cm³/mol. The normalized spacial score (nSPS) is 11.4. The number of aromatic nitrogens is 2. The molecule has 142 valence electrons. The molecule has 0 saturated heterocycles. The van der Waals surface area contributed by atoms with Gasteiger partial charge in [-0.2, -0.15) is 4.98 Å². The topological polar surface area (TPSA) is 114 Å². The number of hydrogen-bond donors (Lipinski definition) is 2. The molecule has 2 N–H and O–H groups in total. The Morgan fingerprint density at radius 3 is 2.29 bits per heavy atom. The molecule has 3 rings (SSSR count). The summed E-state index contributed by atoms with van der Waals surface area (Å²) in [5, 5.41) is 8.51. The standard InChI is InChI=1S/C20H18N4O4/c25-18(20(27)21-12-17-22-13-23-28-17)16(11-14-7-3-1-4-8-14)24-19(26)15-9-5-2-6-10-15/h1-10,13,16H,11-12H2,(H,21,27)(H,24,26)/t16-/m1/s1. The summed E-state index contributed by atoms with van der Waals surface area (Å²) in [4.78, 5) is 41.2. The SMILES string of the molecule is O=C(NCc1ncno1)C(=O)[C@@H](Cc1ccccc1)NC(=O)c1ccccc1. The van der Waals surface area contributed by atoms with E-state index >= 15 is 0 Å². The van der Waals surface area contributed by atoms with Gasteiger partial charge < -0.3 is 15.2 Å². The van der Waals surface area contributed by atoms with Crippen LogP contribution in [0.1, 0.15) is 21.8 Å². The number of rotatable bonds is 8. The van der Waals surface area contributed by atoms with E-state index in [1.54, 1.807) is 30.3 Å². The monoisotopic (exact) mass is 378 g/mol. The third-order valence-electron chi connectivity index (χ3n) is 3.97. The molecule has 1 heterocycles. The molecule has 0 saturated carbocycles. The Labute approximate surface area is 161 Å². The van der Waals surface area contributed by atoms with Crippen molar-refractivity contribution in [3.05, 3.63) is 84.0 Å². The van der Waals surface area contributed by atoms with Gasteiger partial charge in [-0.3, -0.25) is 14.4 Å². The van der Waals surface area contributed by atoms with Crippen molar-refractivity contribution in [3.8, 4) is 0 Å². The molecule has 1 aromatic heterocycles. The maximum atomic E-state index is 12.7. The van der Waals surface area contributed by atoms with E-state index in [2.05, 4.69) is 20.8 Å². The molecule has 2 aromatic carbocycles. The van der Waals surface area contributed by atoms with Crippen LogP contribution in [0, 0.1) is 0 Å². The second kappa shape index (κ2) is 9.22. The maximum absolute atomic E-state index is 12.7. The van der Waals surface area contributed by atoms with E-state index in [0.29, 0.717) is 5.56 Å². The molecule has 0 radical (unpaired) electrons. The Morgan fingerprint density at radius 1 is 0.964 bits per heavy atom. The fourth-order valence-corrected chi connectivity index (χ4v) is 2.57. The molecular formula is C20H18N4O4. The first-order valence-corrected chi connectivity index (χ1v) is 8.61. The second-order valence-electron chi connectivity index (χ2n) is 5.96. The van der Waals surface area contributed by atoms with Gasteiger partial charge >= 0.3 is 0 Å². The minimum Gasteiger partial charge on any atom is -0.341 e. The van der Waals surface area contributed by atoms with Crippen LogP contribution < -0.4 is 10.6 Å². The molecule has 0 bridgehead atoms. The average molecular weight is 378 g/mol. The molecule has 2 amide bonds. The quantitative estimate of drug-likeness (QED) is 0.571. The highest BCUT2D eigenvalue weighted by Crippen LogP contribution is 2.07. The third-order valence-corrected chi connectivity index (χ3v) is 3.97. The number of ketones is 1. The summed E-state index contributed by atoms with van der Waals surface area (Å²) in [5.41, 5.74) is 1.22. The Kier molecular flexibility index (Phi) is 6.25. The van der Waals surface area contributed by atoms with Crippen LogP contribution in [0.25, 0.3) is 0 Å². The number of benzene rings is 2. The zero-order valence-electron chi connectivity index (χ0n) is 14.9. The lowest BCUT2D eigenvalue weighted by Crippen LogP contribution is -2.48. The lowest BCUT2D eigenvalue weighted by molar-refractivity contribution is -0.139. The summed E-state index contributed by atoms with van der Waals surface area (Å²) in [6.45, 7) is -0.0741. The van der Waals surface area contributed by atoms with Crippen molar-refractivity contribution in [3.63, 3.8) is 0 Å². The zero-order chi connectivity index (χ0) is 19.8. The third kappa shape index (κ3) is 5.10. The molecule has 0 unspecified atom stereocenters. The zero-order valence-corrected chi connectivity index (χ0v) is 14.9. The summed E-state index contributed by atoms with van der Waals surface area (Å²) < 4.78 is 4.79. The number of carbonyl (C=O) groups is 3. The molecule has 0 aliphatic heterocycles. The summed E-state index contributed by atoms with van der Waals surface area (Å²) in [6.07, 6.45) is 1.38. The van der Waals surface area contributed by atoms with E-state index in [1.165, 1.54) is 6.33 Å². The number of carbonyl (C=O) groups excluding carboxylic acids is 3. The molecule has 8 nitrogen and oxygen atoms in total. The highest BCUT2D eigenvalue weighted by molar-refractivity contribution is 6.38. The van der Waals surface area contributed by atoms with Gasteiger partial charge in [0.1, 0.15) is 6.04 Å².